The van der Waals surface area contributed by atoms with Gasteiger partial charge in [0.2, 0.25) is 0 Å². The Morgan fingerprint density at radius 3 is 1.96 bits per heavy atom. The van der Waals surface area contributed by atoms with Gasteiger partial charge in [-0.3, -0.25) is 0 Å². The van der Waals surface area contributed by atoms with Gasteiger partial charge in [-0.25, -0.2) is 4.98 Å². The second-order valence-corrected chi connectivity index (χ2v) is 17.8. The lowest BCUT2D eigenvalue weighted by Gasteiger charge is -2.26. The van der Waals surface area contributed by atoms with Crippen molar-refractivity contribution in [2.75, 3.05) is 4.90 Å². The van der Waals surface area contributed by atoms with Gasteiger partial charge in [0, 0.05) is 67.4 Å². The molecule has 0 amide bonds. The summed E-state index contributed by atoms with van der Waals surface area (Å²) in [6.45, 7) is 0. The van der Waals surface area contributed by atoms with Crippen molar-refractivity contribution in [2.45, 2.75) is 0 Å². The van der Waals surface area contributed by atoms with E-state index in [4.69, 9.17) is 4.98 Å². The molecule has 0 fully saturated rings. The zero-order valence-electron chi connectivity index (χ0n) is 29.2. The first-order chi connectivity index (χ1) is 27.1. The zero-order chi connectivity index (χ0) is 36.5. The Morgan fingerprint density at radius 2 is 1.09 bits per heavy atom. The van der Waals surface area contributed by atoms with Crippen molar-refractivity contribution in [1.82, 2.24) is 4.98 Å². The molecule has 0 saturated carbocycles. The molecule has 0 unspecified atom stereocenters. The van der Waals surface area contributed by atoms with Crippen LogP contribution in [0, 0.1) is 0 Å². The topological polar surface area (TPSA) is 16.1 Å². The number of fused-ring (bicyclic) bond motifs is 7. The molecule has 0 bridgehead atoms. The Hall–Kier alpha value is -5.63. The summed E-state index contributed by atoms with van der Waals surface area (Å²) in [5, 5.41) is 6.22. The molecular weight excluding hydrogens is 793 g/mol. The first kappa shape index (κ1) is 32.8. The van der Waals surface area contributed by atoms with Crippen molar-refractivity contribution >= 4 is 118 Å². The summed E-state index contributed by atoms with van der Waals surface area (Å²) in [5.41, 5.74) is 10.3. The molecule has 2 nitrogen and oxygen atoms in total. The van der Waals surface area contributed by atoms with Crippen molar-refractivity contribution in [1.29, 1.82) is 0 Å². The quantitative estimate of drug-likeness (QED) is 0.166. The lowest BCUT2D eigenvalue weighted by molar-refractivity contribution is 1.29. The molecule has 3 heterocycles. The normalized spacial score (nSPS) is 11.7. The SMILES string of the molecule is Brc1ccc2sc3cc(N(c4ccccc4)c4ccc(-c5nc6ccccc6s5)cc4)cc(-c4cccc(-c5ccc6c(c5)sc5ccccc56)c4)c3c2c1. The highest BCUT2D eigenvalue weighted by Gasteiger charge is 2.20. The number of halogens is 1. The Kier molecular flexibility index (Phi) is 7.92. The Bertz CT molecular complexity index is 3200. The average molecular weight is 822 g/mol. The maximum absolute atomic E-state index is 4.94. The Balaban J connectivity index is 1.08. The van der Waals surface area contributed by atoms with Gasteiger partial charge >= 0.3 is 0 Å². The third kappa shape index (κ3) is 5.76. The smallest absolute Gasteiger partial charge is 0.124 e. The van der Waals surface area contributed by atoms with E-state index in [-0.39, 0.29) is 0 Å². The maximum atomic E-state index is 4.94. The molecule has 0 aliphatic carbocycles. The molecule has 0 spiro atoms. The van der Waals surface area contributed by atoms with Gasteiger partial charge in [0.05, 0.1) is 10.2 Å². The number of rotatable bonds is 6. The Morgan fingerprint density at radius 1 is 0.400 bits per heavy atom. The molecule has 6 heteroatoms. The van der Waals surface area contributed by atoms with Gasteiger partial charge in [0.25, 0.3) is 0 Å². The minimum atomic E-state index is 1.03. The second-order valence-electron chi connectivity index (χ2n) is 13.7. The van der Waals surface area contributed by atoms with E-state index >= 15 is 0 Å². The van der Waals surface area contributed by atoms with Crippen LogP contribution in [0.1, 0.15) is 0 Å². The number of nitrogens with zero attached hydrogens (tertiary/aromatic N) is 2. The number of hydrogen-bond acceptors (Lipinski definition) is 5. The van der Waals surface area contributed by atoms with E-state index in [2.05, 4.69) is 197 Å². The van der Waals surface area contributed by atoms with Crippen LogP contribution < -0.4 is 4.90 Å². The number of hydrogen-bond donors (Lipinski definition) is 0. The van der Waals surface area contributed by atoms with Crippen LogP contribution in [-0.4, -0.2) is 4.98 Å². The summed E-state index contributed by atoms with van der Waals surface area (Å²) in [4.78, 5) is 7.32. The molecule has 0 aliphatic heterocycles. The highest BCUT2D eigenvalue weighted by atomic mass is 79.9. The third-order valence-corrected chi connectivity index (χ3v) is 14.2. The second kappa shape index (κ2) is 13.3. The zero-order valence-corrected chi connectivity index (χ0v) is 33.3. The predicted molar refractivity (Wildman–Crippen MR) is 244 cm³/mol. The average Bonchev–Trinajstić information content (AvgIpc) is 3.94. The molecule has 0 aliphatic rings. The largest absolute Gasteiger partial charge is 0.310 e. The third-order valence-electron chi connectivity index (χ3n) is 10.3. The van der Waals surface area contributed by atoms with Crippen LogP contribution in [0.15, 0.2) is 180 Å². The minimum absolute atomic E-state index is 1.03. The van der Waals surface area contributed by atoms with Crippen LogP contribution in [-0.2, 0) is 0 Å². The molecule has 11 aromatic rings. The summed E-state index contributed by atoms with van der Waals surface area (Å²) in [5.74, 6) is 0. The van der Waals surface area contributed by atoms with Gasteiger partial charge in [-0.2, -0.15) is 0 Å². The van der Waals surface area contributed by atoms with Crippen molar-refractivity contribution < 1.29 is 0 Å². The van der Waals surface area contributed by atoms with Crippen molar-refractivity contribution in [3.8, 4) is 32.8 Å². The summed E-state index contributed by atoms with van der Waals surface area (Å²) in [6, 6.07) is 64.0. The fourth-order valence-corrected chi connectivity index (χ4v) is 11.4. The van der Waals surface area contributed by atoms with Crippen LogP contribution in [0.2, 0.25) is 0 Å². The van der Waals surface area contributed by atoms with Crippen LogP contribution >= 0.6 is 49.9 Å². The molecule has 3 aromatic heterocycles. The molecule has 260 valence electrons. The van der Waals surface area contributed by atoms with E-state index in [0.717, 1.165) is 37.6 Å². The highest BCUT2D eigenvalue weighted by molar-refractivity contribution is 9.10. The van der Waals surface area contributed by atoms with Crippen LogP contribution in [0.3, 0.4) is 0 Å². The summed E-state index contributed by atoms with van der Waals surface area (Å²) < 4.78 is 7.45. The maximum Gasteiger partial charge on any atom is 0.124 e. The minimum Gasteiger partial charge on any atom is -0.310 e. The van der Waals surface area contributed by atoms with Crippen molar-refractivity contribution in [3.63, 3.8) is 0 Å². The molecule has 55 heavy (non-hydrogen) atoms. The molecule has 0 N–H and O–H groups in total. The predicted octanol–water partition coefficient (Wildman–Crippen LogP) is 16.3. The fourth-order valence-electron chi connectivity index (χ4n) is 7.77. The molecule has 0 saturated heterocycles. The van der Waals surface area contributed by atoms with Gasteiger partial charge in [-0.1, -0.05) is 94.8 Å². The van der Waals surface area contributed by atoms with Gasteiger partial charge in [0.1, 0.15) is 5.01 Å². The lowest BCUT2D eigenvalue weighted by Crippen LogP contribution is -2.10. The van der Waals surface area contributed by atoms with Crippen LogP contribution in [0.4, 0.5) is 17.1 Å². The molecule has 11 rings (SSSR count). The molecule has 0 radical (unpaired) electrons. The summed E-state index contributed by atoms with van der Waals surface area (Å²) >= 11 is 9.24. The monoisotopic (exact) mass is 820 g/mol. The molecule has 8 aromatic carbocycles. The number of thiophene rings is 2. The van der Waals surface area contributed by atoms with Gasteiger partial charge in [-0.05, 0) is 119 Å². The van der Waals surface area contributed by atoms with E-state index < -0.39 is 0 Å². The van der Waals surface area contributed by atoms with Gasteiger partial charge < -0.3 is 4.90 Å². The van der Waals surface area contributed by atoms with E-state index in [1.807, 2.05) is 22.7 Å². The van der Waals surface area contributed by atoms with E-state index in [1.165, 1.54) is 67.3 Å². The van der Waals surface area contributed by atoms with Crippen molar-refractivity contribution in [3.05, 3.63) is 180 Å². The fraction of sp³-hybridized carbons (Fsp3) is 0. The standard InChI is InChI=1S/C49H29BrN2S3/c50-34-20-24-44-41(27-34)48-40(33-10-8-9-31(25-33)32-19-23-39-38-13-4-6-15-43(38)53-46(39)26-32)28-37(29-47(48)54-44)52(35-11-2-1-3-12-35)36-21-17-30(18-22-36)49-51-42-14-5-7-16-45(42)55-49/h1-29H. The Labute approximate surface area is 338 Å². The van der Waals surface area contributed by atoms with Crippen LogP contribution in [0.5, 0.6) is 0 Å². The van der Waals surface area contributed by atoms with E-state index in [1.54, 1.807) is 11.3 Å². The molecular formula is C49H29BrN2S3. The number of anilines is 3. The van der Waals surface area contributed by atoms with E-state index in [0.29, 0.717) is 0 Å². The first-order valence-corrected chi connectivity index (χ1v) is 21.4. The number of benzene rings is 8. The lowest BCUT2D eigenvalue weighted by atomic mass is 9.94. The summed E-state index contributed by atoms with van der Waals surface area (Å²) in [6.07, 6.45) is 0. The summed E-state index contributed by atoms with van der Waals surface area (Å²) in [7, 11) is 0. The van der Waals surface area contributed by atoms with Gasteiger partial charge in [-0.15, -0.1) is 34.0 Å². The van der Waals surface area contributed by atoms with E-state index in [9.17, 15) is 0 Å². The first-order valence-electron chi connectivity index (χ1n) is 18.1. The highest BCUT2D eigenvalue weighted by Crippen LogP contribution is 2.47. The van der Waals surface area contributed by atoms with Gasteiger partial charge in [0.15, 0.2) is 0 Å². The number of aromatic nitrogens is 1. The van der Waals surface area contributed by atoms with Crippen LogP contribution in [0.25, 0.3) is 83.4 Å². The van der Waals surface area contributed by atoms with Crippen molar-refractivity contribution in [2.24, 2.45) is 0 Å². The number of thiazole rings is 1. The molecule has 0 atom stereocenters. The number of para-hydroxylation sites is 2.